The van der Waals surface area contributed by atoms with Gasteiger partial charge in [-0.25, -0.2) is 18.7 Å². The minimum Gasteiger partial charge on any atom is -0.363 e. The van der Waals surface area contributed by atoms with Crippen molar-refractivity contribution in [1.82, 2.24) is 20.2 Å². The number of hydrogen-bond acceptors (Lipinski definition) is 5. The number of aromatic nitrogens is 4. The molecule has 1 fully saturated rings. The first-order chi connectivity index (χ1) is 13.1. The van der Waals surface area contributed by atoms with Crippen molar-refractivity contribution in [2.24, 2.45) is 0 Å². The second-order valence-corrected chi connectivity index (χ2v) is 6.78. The Hall–Kier alpha value is -3.03. The lowest BCUT2D eigenvalue weighted by Gasteiger charge is -2.23. The number of nitrogens with one attached hydrogen (secondary N) is 3. The van der Waals surface area contributed by atoms with Crippen LogP contribution in [-0.4, -0.2) is 20.2 Å². The molecule has 0 saturated heterocycles. The van der Waals surface area contributed by atoms with Gasteiger partial charge in [-0.2, -0.15) is 5.10 Å². The third-order valence-electron chi connectivity index (χ3n) is 4.86. The third-order valence-corrected chi connectivity index (χ3v) is 4.86. The third kappa shape index (κ3) is 3.89. The molecule has 3 aromatic rings. The fourth-order valence-electron chi connectivity index (χ4n) is 3.12. The van der Waals surface area contributed by atoms with E-state index < -0.39 is 11.6 Å². The second-order valence-electron chi connectivity index (χ2n) is 6.78. The lowest BCUT2D eigenvalue weighted by atomic mass is 9.83. The summed E-state index contributed by atoms with van der Waals surface area (Å²) in [4.78, 5) is 8.35. The Kier molecular flexibility index (Phi) is 4.70. The van der Waals surface area contributed by atoms with Crippen LogP contribution in [0.1, 0.15) is 49.4 Å². The number of H-pyrrole nitrogens is 1. The molecular formula is C19H20F2N6. The van der Waals surface area contributed by atoms with E-state index in [1.54, 1.807) is 13.0 Å². The van der Waals surface area contributed by atoms with Crippen molar-refractivity contribution in [1.29, 1.82) is 0 Å². The molecule has 0 spiro atoms. The average Bonchev–Trinajstić information content (AvgIpc) is 3.01. The van der Waals surface area contributed by atoms with Gasteiger partial charge in [0.25, 0.3) is 0 Å². The Morgan fingerprint density at radius 3 is 2.63 bits per heavy atom. The Morgan fingerprint density at radius 1 is 1.07 bits per heavy atom. The van der Waals surface area contributed by atoms with Crippen LogP contribution in [0.25, 0.3) is 0 Å². The number of benzene rings is 1. The van der Waals surface area contributed by atoms with Crippen molar-refractivity contribution < 1.29 is 8.78 Å². The van der Waals surface area contributed by atoms with Crippen molar-refractivity contribution in [2.45, 2.75) is 38.1 Å². The molecule has 4 rings (SSSR count). The average molecular weight is 370 g/mol. The van der Waals surface area contributed by atoms with E-state index in [1.165, 1.54) is 37.7 Å². The normalized spacial score (nSPS) is 15.2. The van der Waals surface area contributed by atoms with Gasteiger partial charge in [-0.1, -0.05) is 12.5 Å². The molecule has 1 aromatic carbocycles. The molecule has 27 heavy (non-hydrogen) atoms. The van der Waals surface area contributed by atoms with Gasteiger partial charge in [-0.05, 0) is 25.8 Å². The number of anilines is 3. The van der Waals surface area contributed by atoms with Crippen molar-refractivity contribution >= 4 is 17.5 Å². The highest BCUT2D eigenvalue weighted by Gasteiger charge is 2.21. The summed E-state index contributed by atoms with van der Waals surface area (Å²) in [5, 5.41) is 13.6. The fraction of sp³-hybridized carbons (Fsp3) is 0.316. The standard InChI is InChI=1S/C19H20F2N6/c1-11(14-6-5-13(20)7-15(14)21)24-17-9-18(23-10-22-17)25-19-8-16(26-27-19)12-3-2-4-12/h5-12H,2-4H2,1H3,(H3,22,23,24,25,26,27). The van der Waals surface area contributed by atoms with Crippen LogP contribution < -0.4 is 10.6 Å². The Labute approximate surface area is 155 Å². The number of hydrogen-bond donors (Lipinski definition) is 3. The van der Waals surface area contributed by atoms with Gasteiger partial charge in [0.1, 0.15) is 29.6 Å². The van der Waals surface area contributed by atoms with E-state index in [1.807, 2.05) is 6.07 Å². The quantitative estimate of drug-likeness (QED) is 0.588. The number of nitrogens with zero attached hydrogens (tertiary/aromatic N) is 3. The Morgan fingerprint density at radius 2 is 1.89 bits per heavy atom. The Balaban J connectivity index is 1.44. The molecule has 2 heterocycles. The fourth-order valence-corrected chi connectivity index (χ4v) is 3.12. The van der Waals surface area contributed by atoms with Crippen molar-refractivity contribution in [3.63, 3.8) is 0 Å². The molecule has 0 radical (unpaired) electrons. The van der Waals surface area contributed by atoms with Crippen LogP contribution >= 0.6 is 0 Å². The molecule has 1 unspecified atom stereocenters. The SMILES string of the molecule is CC(Nc1cc(Nc2cc(C3CCC3)[nH]n2)ncn1)c1ccc(F)cc1F. The van der Waals surface area contributed by atoms with E-state index in [2.05, 4.69) is 30.8 Å². The predicted octanol–water partition coefficient (Wildman–Crippen LogP) is 4.66. The van der Waals surface area contributed by atoms with Gasteiger partial charge in [-0.15, -0.1) is 0 Å². The van der Waals surface area contributed by atoms with E-state index in [0.29, 0.717) is 28.9 Å². The van der Waals surface area contributed by atoms with Gasteiger partial charge in [-0.3, -0.25) is 5.10 Å². The topological polar surface area (TPSA) is 78.5 Å². The number of halogens is 2. The second kappa shape index (κ2) is 7.30. The zero-order valence-corrected chi connectivity index (χ0v) is 14.8. The molecule has 1 aliphatic rings. The van der Waals surface area contributed by atoms with Crippen LogP contribution in [0.5, 0.6) is 0 Å². The smallest absolute Gasteiger partial charge is 0.153 e. The molecule has 8 heteroatoms. The lowest BCUT2D eigenvalue weighted by molar-refractivity contribution is 0.410. The molecule has 6 nitrogen and oxygen atoms in total. The summed E-state index contributed by atoms with van der Waals surface area (Å²) < 4.78 is 27.0. The maximum Gasteiger partial charge on any atom is 0.153 e. The summed E-state index contributed by atoms with van der Waals surface area (Å²) in [6.07, 6.45) is 5.07. The van der Waals surface area contributed by atoms with Crippen LogP contribution in [0.3, 0.4) is 0 Å². The molecule has 1 atom stereocenters. The van der Waals surface area contributed by atoms with Crippen LogP contribution in [0.15, 0.2) is 36.7 Å². The molecular weight excluding hydrogens is 350 g/mol. The zero-order chi connectivity index (χ0) is 18.8. The van der Waals surface area contributed by atoms with Crippen LogP contribution in [0, 0.1) is 11.6 Å². The summed E-state index contributed by atoms with van der Waals surface area (Å²) >= 11 is 0. The maximum absolute atomic E-state index is 13.9. The van der Waals surface area contributed by atoms with E-state index in [9.17, 15) is 8.78 Å². The molecule has 3 N–H and O–H groups in total. The zero-order valence-electron chi connectivity index (χ0n) is 14.8. The van der Waals surface area contributed by atoms with Gasteiger partial charge in [0.15, 0.2) is 5.82 Å². The largest absolute Gasteiger partial charge is 0.363 e. The molecule has 1 aliphatic carbocycles. The van der Waals surface area contributed by atoms with Crippen molar-refractivity contribution in [2.75, 3.05) is 10.6 Å². The molecule has 2 aromatic heterocycles. The van der Waals surface area contributed by atoms with Gasteiger partial charge >= 0.3 is 0 Å². The van der Waals surface area contributed by atoms with E-state index in [0.717, 1.165) is 11.8 Å². The van der Waals surface area contributed by atoms with E-state index in [-0.39, 0.29) is 6.04 Å². The molecule has 1 saturated carbocycles. The van der Waals surface area contributed by atoms with Crippen LogP contribution in [0.2, 0.25) is 0 Å². The summed E-state index contributed by atoms with van der Waals surface area (Å²) in [6.45, 7) is 1.78. The van der Waals surface area contributed by atoms with Crippen LogP contribution in [-0.2, 0) is 0 Å². The molecule has 140 valence electrons. The van der Waals surface area contributed by atoms with Gasteiger partial charge in [0.05, 0.1) is 6.04 Å². The summed E-state index contributed by atoms with van der Waals surface area (Å²) in [5.41, 5.74) is 1.50. The summed E-state index contributed by atoms with van der Waals surface area (Å²) in [5.74, 6) is 1.17. The monoisotopic (exact) mass is 370 g/mol. The first kappa shape index (κ1) is 17.4. The predicted molar refractivity (Wildman–Crippen MR) is 98.9 cm³/mol. The summed E-state index contributed by atoms with van der Waals surface area (Å²) in [7, 11) is 0. The highest BCUT2D eigenvalue weighted by molar-refractivity contribution is 5.56. The minimum absolute atomic E-state index is 0.363. The first-order valence-electron chi connectivity index (χ1n) is 8.94. The molecule has 0 bridgehead atoms. The van der Waals surface area contributed by atoms with Crippen molar-refractivity contribution in [3.8, 4) is 0 Å². The highest BCUT2D eigenvalue weighted by Crippen LogP contribution is 2.36. The minimum atomic E-state index is -0.600. The molecule has 0 amide bonds. The van der Waals surface area contributed by atoms with E-state index >= 15 is 0 Å². The van der Waals surface area contributed by atoms with E-state index in [4.69, 9.17) is 0 Å². The lowest BCUT2D eigenvalue weighted by Crippen LogP contribution is -2.10. The first-order valence-corrected chi connectivity index (χ1v) is 8.94. The van der Waals surface area contributed by atoms with Crippen molar-refractivity contribution in [3.05, 3.63) is 59.6 Å². The van der Waals surface area contributed by atoms with Gasteiger partial charge < -0.3 is 10.6 Å². The van der Waals surface area contributed by atoms with Gasteiger partial charge in [0.2, 0.25) is 0 Å². The number of rotatable bonds is 6. The van der Waals surface area contributed by atoms with Crippen LogP contribution in [0.4, 0.5) is 26.2 Å². The Bertz CT molecular complexity index is 937. The van der Waals surface area contributed by atoms with Gasteiger partial charge in [0, 0.05) is 35.4 Å². The molecule has 0 aliphatic heterocycles. The highest BCUT2D eigenvalue weighted by atomic mass is 19.1. The summed E-state index contributed by atoms with van der Waals surface area (Å²) in [6, 6.07) is 6.86. The number of aromatic amines is 1. The maximum atomic E-state index is 13.9.